The first-order chi connectivity index (χ1) is 14.3. The quantitative estimate of drug-likeness (QED) is 0.551. The zero-order valence-corrected chi connectivity index (χ0v) is 17.9. The second-order valence-electron chi connectivity index (χ2n) is 7.82. The highest BCUT2D eigenvalue weighted by atomic mass is 32.2. The molecule has 1 aliphatic rings. The van der Waals surface area contributed by atoms with E-state index >= 15 is 0 Å². The lowest BCUT2D eigenvalue weighted by atomic mass is 9.92. The molecule has 160 valence electrons. The summed E-state index contributed by atoms with van der Waals surface area (Å²) in [4.78, 5) is 4.89. The Morgan fingerprint density at radius 1 is 1.10 bits per heavy atom. The summed E-state index contributed by atoms with van der Waals surface area (Å²) < 4.78 is 27.4. The minimum atomic E-state index is -3.46. The monoisotopic (exact) mass is 429 g/mol. The molecule has 0 spiro atoms. The molecule has 1 aliphatic carbocycles. The second-order valence-corrected chi connectivity index (χ2v) is 9.97. The van der Waals surface area contributed by atoms with Crippen LogP contribution in [0.15, 0.2) is 47.5 Å². The van der Waals surface area contributed by atoms with Crippen LogP contribution in [0.5, 0.6) is 0 Å². The van der Waals surface area contributed by atoms with Gasteiger partial charge in [0.1, 0.15) is 11.6 Å². The molecule has 0 unspecified atom stereocenters. The van der Waals surface area contributed by atoms with Crippen LogP contribution in [0, 0.1) is 0 Å². The largest absolute Gasteiger partial charge is 0.367 e. The summed E-state index contributed by atoms with van der Waals surface area (Å²) in [5.41, 5.74) is 7.49. The van der Waals surface area contributed by atoms with Crippen molar-refractivity contribution in [2.45, 2.75) is 42.7 Å². The minimum absolute atomic E-state index is 0.245. The summed E-state index contributed by atoms with van der Waals surface area (Å²) in [7, 11) is -0.430. The fourth-order valence-electron chi connectivity index (χ4n) is 3.62. The van der Waals surface area contributed by atoms with Crippen molar-refractivity contribution < 1.29 is 8.42 Å². The zero-order valence-electron chi connectivity index (χ0n) is 17.1. The normalized spacial score (nSPS) is 19.9. The molecule has 1 saturated carbocycles. The van der Waals surface area contributed by atoms with Gasteiger partial charge in [-0.15, -0.1) is 0 Å². The highest BCUT2D eigenvalue weighted by Crippen LogP contribution is 2.25. The van der Waals surface area contributed by atoms with Gasteiger partial charge >= 0.3 is 0 Å². The predicted octanol–water partition coefficient (Wildman–Crippen LogP) is 2.41. The standard InChI is InChI=1S/C20H27N7O2S/c1-26(2)30(28,29)17-9-7-16(8-10-17)24-20-13-18(25-19-11-12-22-27(19)20)23-15-5-3-14(21)4-6-15/h7-15,24H,3-6,21H2,1-2H3,(H,23,25)/t14-,15-. The third-order valence-corrected chi connectivity index (χ3v) is 7.22. The molecule has 4 rings (SSSR count). The van der Waals surface area contributed by atoms with Crippen molar-refractivity contribution in [3.8, 4) is 0 Å². The van der Waals surface area contributed by atoms with Gasteiger partial charge in [-0.1, -0.05) is 0 Å². The molecule has 0 aliphatic heterocycles. The molecule has 9 nitrogen and oxygen atoms in total. The Morgan fingerprint density at radius 3 is 2.47 bits per heavy atom. The Bertz CT molecular complexity index is 1120. The van der Waals surface area contributed by atoms with E-state index < -0.39 is 10.0 Å². The molecular weight excluding hydrogens is 402 g/mol. The molecule has 10 heteroatoms. The molecule has 2 aromatic heterocycles. The number of nitrogens with two attached hydrogens (primary N) is 1. The molecule has 3 aromatic rings. The summed E-state index contributed by atoms with van der Waals surface area (Å²) in [6.07, 6.45) is 5.78. The topological polar surface area (TPSA) is 118 Å². The van der Waals surface area contributed by atoms with Crippen LogP contribution in [0.3, 0.4) is 0 Å². The predicted molar refractivity (Wildman–Crippen MR) is 117 cm³/mol. The third kappa shape index (κ3) is 4.25. The van der Waals surface area contributed by atoms with Crippen LogP contribution in [-0.2, 0) is 10.0 Å². The smallest absolute Gasteiger partial charge is 0.242 e. The second kappa shape index (κ2) is 8.21. The first-order valence-electron chi connectivity index (χ1n) is 9.99. The van der Waals surface area contributed by atoms with Crippen LogP contribution in [0.4, 0.5) is 17.3 Å². The Kier molecular flexibility index (Phi) is 5.63. The molecule has 0 saturated heterocycles. The lowest BCUT2D eigenvalue weighted by Crippen LogP contribution is -2.33. The van der Waals surface area contributed by atoms with E-state index in [9.17, 15) is 8.42 Å². The average Bonchev–Trinajstić information content (AvgIpc) is 3.19. The van der Waals surface area contributed by atoms with Crippen LogP contribution < -0.4 is 16.4 Å². The van der Waals surface area contributed by atoms with Gasteiger partial charge in [0, 0.05) is 44.0 Å². The SMILES string of the molecule is CN(C)S(=O)(=O)c1ccc(Nc2cc(N[C@H]3CC[C@H](N)CC3)nc3ccnn23)cc1. The lowest BCUT2D eigenvalue weighted by Gasteiger charge is -2.27. The number of rotatable bonds is 6. The number of anilines is 3. The molecule has 2 heterocycles. The van der Waals surface area contributed by atoms with Crippen molar-refractivity contribution in [3.63, 3.8) is 0 Å². The van der Waals surface area contributed by atoms with Gasteiger partial charge in [-0.2, -0.15) is 9.61 Å². The maximum atomic E-state index is 12.3. The number of benzene rings is 1. The van der Waals surface area contributed by atoms with Gasteiger partial charge in [-0.25, -0.2) is 17.7 Å². The van der Waals surface area contributed by atoms with Crippen molar-refractivity contribution in [2.75, 3.05) is 24.7 Å². The van der Waals surface area contributed by atoms with Gasteiger partial charge in [0.15, 0.2) is 5.65 Å². The first-order valence-corrected chi connectivity index (χ1v) is 11.4. The van der Waals surface area contributed by atoms with Crippen LogP contribution in [0.2, 0.25) is 0 Å². The fraction of sp³-hybridized carbons (Fsp3) is 0.400. The van der Waals surface area contributed by atoms with E-state index in [1.165, 1.54) is 18.4 Å². The number of nitrogens with zero attached hydrogens (tertiary/aromatic N) is 4. The van der Waals surface area contributed by atoms with E-state index in [0.717, 1.165) is 48.7 Å². The maximum absolute atomic E-state index is 12.3. The van der Waals surface area contributed by atoms with Crippen molar-refractivity contribution in [1.82, 2.24) is 18.9 Å². The number of hydrogen-bond acceptors (Lipinski definition) is 7. The summed E-state index contributed by atoms with van der Waals surface area (Å²) in [5, 5.41) is 11.2. The van der Waals surface area contributed by atoms with Crippen molar-refractivity contribution in [2.24, 2.45) is 5.73 Å². The zero-order chi connectivity index (χ0) is 21.3. The molecule has 1 aromatic carbocycles. The molecular formula is C20H27N7O2S. The Hall–Kier alpha value is -2.69. The van der Waals surface area contributed by atoms with E-state index in [-0.39, 0.29) is 4.90 Å². The van der Waals surface area contributed by atoms with E-state index in [4.69, 9.17) is 5.73 Å². The summed E-state index contributed by atoms with van der Waals surface area (Å²) in [6.45, 7) is 0. The Balaban J connectivity index is 1.57. The van der Waals surface area contributed by atoms with Gasteiger partial charge in [-0.05, 0) is 49.9 Å². The summed E-state index contributed by atoms with van der Waals surface area (Å²) in [6, 6.07) is 11.1. The number of hydrogen-bond donors (Lipinski definition) is 3. The van der Waals surface area contributed by atoms with Crippen molar-refractivity contribution in [1.29, 1.82) is 0 Å². The number of sulfonamides is 1. The van der Waals surface area contributed by atoms with E-state index in [1.54, 1.807) is 35.0 Å². The Morgan fingerprint density at radius 2 is 1.80 bits per heavy atom. The molecule has 0 radical (unpaired) electrons. The molecule has 0 amide bonds. The maximum Gasteiger partial charge on any atom is 0.242 e. The van der Waals surface area contributed by atoms with Gasteiger partial charge in [0.25, 0.3) is 0 Å². The molecule has 0 atom stereocenters. The van der Waals surface area contributed by atoms with Crippen LogP contribution in [0.1, 0.15) is 25.7 Å². The Labute approximate surface area is 176 Å². The summed E-state index contributed by atoms with van der Waals surface area (Å²) >= 11 is 0. The van der Waals surface area contributed by atoms with Crippen LogP contribution >= 0.6 is 0 Å². The van der Waals surface area contributed by atoms with E-state index in [0.29, 0.717) is 12.1 Å². The first kappa shape index (κ1) is 20.6. The molecule has 4 N–H and O–H groups in total. The average molecular weight is 430 g/mol. The molecule has 0 bridgehead atoms. The fourth-order valence-corrected chi connectivity index (χ4v) is 4.52. The van der Waals surface area contributed by atoms with E-state index in [1.807, 2.05) is 12.1 Å². The summed E-state index contributed by atoms with van der Waals surface area (Å²) in [5.74, 6) is 1.51. The minimum Gasteiger partial charge on any atom is -0.367 e. The number of nitrogens with one attached hydrogen (secondary N) is 2. The number of fused-ring (bicyclic) bond motifs is 1. The van der Waals surface area contributed by atoms with Gasteiger partial charge in [0.05, 0.1) is 11.1 Å². The number of aromatic nitrogens is 3. The van der Waals surface area contributed by atoms with Gasteiger partial charge < -0.3 is 16.4 Å². The van der Waals surface area contributed by atoms with Gasteiger partial charge in [-0.3, -0.25) is 0 Å². The van der Waals surface area contributed by atoms with Crippen molar-refractivity contribution >= 4 is 33.0 Å². The van der Waals surface area contributed by atoms with Gasteiger partial charge in [0.2, 0.25) is 10.0 Å². The third-order valence-electron chi connectivity index (χ3n) is 5.39. The molecule has 1 fully saturated rings. The van der Waals surface area contributed by atoms with Crippen molar-refractivity contribution in [3.05, 3.63) is 42.6 Å². The highest BCUT2D eigenvalue weighted by Gasteiger charge is 2.20. The van der Waals surface area contributed by atoms with Crippen LogP contribution in [-0.4, -0.2) is 53.5 Å². The molecule has 30 heavy (non-hydrogen) atoms. The lowest BCUT2D eigenvalue weighted by molar-refractivity contribution is 0.410. The highest BCUT2D eigenvalue weighted by molar-refractivity contribution is 7.89. The van der Waals surface area contributed by atoms with Crippen LogP contribution in [0.25, 0.3) is 5.65 Å². The van der Waals surface area contributed by atoms with E-state index in [2.05, 4.69) is 20.7 Å².